The van der Waals surface area contributed by atoms with E-state index in [1.807, 2.05) is 49.5 Å². The van der Waals surface area contributed by atoms with Crippen LogP contribution in [0.2, 0.25) is 0 Å². The van der Waals surface area contributed by atoms with Gasteiger partial charge in [-0.25, -0.2) is 9.97 Å². The molecule has 6 nitrogen and oxygen atoms in total. The van der Waals surface area contributed by atoms with Gasteiger partial charge in [0.15, 0.2) is 0 Å². The van der Waals surface area contributed by atoms with Crippen LogP contribution in [0.25, 0.3) is 10.9 Å². The van der Waals surface area contributed by atoms with Crippen molar-refractivity contribution in [1.29, 1.82) is 0 Å². The molecule has 0 spiro atoms. The zero-order valence-corrected chi connectivity index (χ0v) is 14.7. The number of nitrogens with one attached hydrogen (secondary N) is 1. The van der Waals surface area contributed by atoms with Gasteiger partial charge in [-0.2, -0.15) is 0 Å². The summed E-state index contributed by atoms with van der Waals surface area (Å²) >= 11 is 1.62. The third-order valence-electron chi connectivity index (χ3n) is 3.64. The molecule has 3 aromatic rings. The van der Waals surface area contributed by atoms with Crippen LogP contribution in [0.15, 0.2) is 29.8 Å². The van der Waals surface area contributed by atoms with Crippen molar-refractivity contribution in [3.63, 3.8) is 0 Å². The van der Waals surface area contributed by atoms with E-state index in [0.717, 1.165) is 27.3 Å². The van der Waals surface area contributed by atoms with Crippen molar-refractivity contribution < 1.29 is 4.79 Å². The molecule has 3 aromatic heterocycles. The van der Waals surface area contributed by atoms with Gasteiger partial charge in [-0.15, -0.1) is 11.3 Å². The zero-order chi connectivity index (χ0) is 17.1. The van der Waals surface area contributed by atoms with Gasteiger partial charge in [-0.05, 0) is 19.1 Å². The second kappa shape index (κ2) is 6.92. The Morgan fingerprint density at radius 3 is 2.83 bits per heavy atom. The van der Waals surface area contributed by atoms with Crippen LogP contribution in [0.1, 0.15) is 21.2 Å². The van der Waals surface area contributed by atoms with Crippen LogP contribution in [-0.2, 0) is 6.42 Å². The highest BCUT2D eigenvalue weighted by Gasteiger charge is 2.17. The molecule has 1 N–H and O–H groups in total. The Balaban J connectivity index is 1.77. The average molecular weight is 341 g/mol. The van der Waals surface area contributed by atoms with Crippen LogP contribution in [0.3, 0.4) is 0 Å². The van der Waals surface area contributed by atoms with E-state index >= 15 is 0 Å². The fourth-order valence-corrected chi connectivity index (χ4v) is 3.22. The van der Waals surface area contributed by atoms with E-state index in [4.69, 9.17) is 0 Å². The molecule has 0 bridgehead atoms. The van der Waals surface area contributed by atoms with E-state index in [2.05, 4.69) is 20.3 Å². The van der Waals surface area contributed by atoms with Gasteiger partial charge in [0.05, 0.1) is 10.9 Å². The molecule has 24 heavy (non-hydrogen) atoms. The number of carbonyl (C=O) groups is 1. The Bertz CT molecular complexity index is 860. The van der Waals surface area contributed by atoms with Crippen molar-refractivity contribution >= 4 is 34.0 Å². The average Bonchev–Trinajstić information content (AvgIpc) is 2.96. The summed E-state index contributed by atoms with van der Waals surface area (Å²) in [6.07, 6.45) is 2.42. The summed E-state index contributed by atoms with van der Waals surface area (Å²) < 4.78 is 0. The van der Waals surface area contributed by atoms with Crippen LogP contribution < -0.4 is 10.2 Å². The van der Waals surface area contributed by atoms with E-state index < -0.39 is 0 Å². The number of fused-ring (bicyclic) bond motifs is 1. The molecule has 0 aromatic carbocycles. The molecule has 3 rings (SSSR count). The number of rotatable bonds is 5. The lowest BCUT2D eigenvalue weighted by Crippen LogP contribution is -2.28. The minimum absolute atomic E-state index is 0.199. The minimum Gasteiger partial charge on any atom is -0.362 e. The van der Waals surface area contributed by atoms with Gasteiger partial charge in [0.25, 0.3) is 5.91 Å². The second-order valence-electron chi connectivity index (χ2n) is 5.64. The lowest BCUT2D eigenvalue weighted by atomic mass is 10.2. The number of hydrogen-bond donors (Lipinski definition) is 1. The first-order valence-corrected chi connectivity index (χ1v) is 8.55. The number of thiophene rings is 1. The summed E-state index contributed by atoms with van der Waals surface area (Å²) in [6, 6.07) is 5.74. The second-order valence-corrected chi connectivity index (χ2v) is 6.73. The highest BCUT2D eigenvalue weighted by Crippen LogP contribution is 2.30. The monoisotopic (exact) mass is 341 g/mol. The lowest BCUT2D eigenvalue weighted by molar-refractivity contribution is 0.0944. The fourth-order valence-electron chi connectivity index (χ4n) is 2.45. The smallest absolute Gasteiger partial charge is 0.289 e. The van der Waals surface area contributed by atoms with Gasteiger partial charge in [0.2, 0.25) is 5.82 Å². The summed E-state index contributed by atoms with van der Waals surface area (Å²) in [5.74, 6) is 0.707. The highest BCUT2D eigenvalue weighted by atomic mass is 32.1. The molecule has 1 amide bonds. The van der Waals surface area contributed by atoms with Gasteiger partial charge < -0.3 is 10.2 Å². The topological polar surface area (TPSA) is 71.0 Å². The first kappa shape index (κ1) is 16.3. The molecule has 0 aliphatic rings. The minimum atomic E-state index is -0.264. The van der Waals surface area contributed by atoms with Crippen molar-refractivity contribution in [2.75, 3.05) is 25.5 Å². The van der Waals surface area contributed by atoms with Crippen LogP contribution in [0.4, 0.5) is 5.82 Å². The summed E-state index contributed by atoms with van der Waals surface area (Å²) in [7, 11) is 3.84. The molecule has 124 valence electrons. The summed E-state index contributed by atoms with van der Waals surface area (Å²) in [5, 5.41) is 5.84. The molecule has 7 heteroatoms. The third kappa shape index (κ3) is 3.35. The molecule has 0 radical (unpaired) electrons. The number of carbonyl (C=O) groups excluding carboxylic acids is 1. The molecule has 3 heterocycles. The van der Waals surface area contributed by atoms with Gasteiger partial charge in [0.1, 0.15) is 5.82 Å². The largest absolute Gasteiger partial charge is 0.362 e. The maximum Gasteiger partial charge on any atom is 0.289 e. The van der Waals surface area contributed by atoms with E-state index in [1.165, 1.54) is 0 Å². The predicted octanol–water partition coefficient (Wildman–Crippen LogP) is 2.43. The molecule has 0 unspecified atom stereocenters. The maximum atomic E-state index is 12.4. The number of amides is 1. The standard InChI is InChI=1S/C17H19N5OS/c1-11-14-13(10-24-11)20-15(21-16(14)22(2)3)17(23)19-9-7-12-6-4-5-8-18-12/h4-6,8,10H,7,9H2,1-3H3,(H,19,23). The number of pyridine rings is 1. The summed E-state index contributed by atoms with van der Waals surface area (Å²) in [5.41, 5.74) is 1.75. The van der Waals surface area contributed by atoms with E-state index in [0.29, 0.717) is 13.0 Å². The number of nitrogens with zero attached hydrogens (tertiary/aromatic N) is 4. The van der Waals surface area contributed by atoms with Crippen molar-refractivity contribution in [3.8, 4) is 0 Å². The van der Waals surface area contributed by atoms with Crippen molar-refractivity contribution in [2.24, 2.45) is 0 Å². The molecular weight excluding hydrogens is 322 g/mol. The molecule has 0 saturated heterocycles. The quantitative estimate of drug-likeness (QED) is 0.772. The third-order valence-corrected chi connectivity index (χ3v) is 4.54. The van der Waals surface area contributed by atoms with Crippen molar-refractivity contribution in [3.05, 3.63) is 46.2 Å². The molecule has 0 fully saturated rings. The molecular formula is C17H19N5OS. The molecule has 0 saturated carbocycles. The zero-order valence-electron chi connectivity index (χ0n) is 13.9. The van der Waals surface area contributed by atoms with Gasteiger partial charge in [0, 0.05) is 49.2 Å². The maximum absolute atomic E-state index is 12.4. The Labute approximate surface area is 144 Å². The molecule has 0 atom stereocenters. The van der Waals surface area contributed by atoms with Crippen LogP contribution in [0.5, 0.6) is 0 Å². The fraction of sp³-hybridized carbons (Fsp3) is 0.294. The van der Waals surface area contributed by atoms with E-state index in [1.54, 1.807) is 17.5 Å². The number of aryl methyl sites for hydroxylation is 1. The SMILES string of the molecule is Cc1scc2nc(C(=O)NCCc3ccccn3)nc(N(C)C)c12. The van der Waals surface area contributed by atoms with Crippen LogP contribution in [-0.4, -0.2) is 41.5 Å². The molecule has 0 aliphatic heterocycles. The lowest BCUT2D eigenvalue weighted by Gasteiger charge is -2.14. The summed E-state index contributed by atoms with van der Waals surface area (Å²) in [6.45, 7) is 2.53. The Morgan fingerprint density at radius 2 is 2.12 bits per heavy atom. The Hall–Kier alpha value is -2.54. The number of aromatic nitrogens is 3. The summed E-state index contributed by atoms with van der Waals surface area (Å²) in [4.78, 5) is 28.6. The molecule has 0 aliphatic carbocycles. The van der Waals surface area contributed by atoms with Crippen molar-refractivity contribution in [2.45, 2.75) is 13.3 Å². The van der Waals surface area contributed by atoms with Crippen molar-refractivity contribution in [1.82, 2.24) is 20.3 Å². The number of anilines is 1. The Kier molecular flexibility index (Phi) is 4.71. The van der Waals surface area contributed by atoms with Crippen LogP contribution >= 0.6 is 11.3 Å². The van der Waals surface area contributed by atoms with Crippen LogP contribution in [0, 0.1) is 6.92 Å². The normalized spacial score (nSPS) is 10.8. The van der Waals surface area contributed by atoms with Gasteiger partial charge in [-0.3, -0.25) is 9.78 Å². The number of hydrogen-bond acceptors (Lipinski definition) is 6. The predicted molar refractivity (Wildman–Crippen MR) is 96.8 cm³/mol. The highest BCUT2D eigenvalue weighted by molar-refractivity contribution is 7.11. The first-order chi connectivity index (χ1) is 11.6. The van der Waals surface area contributed by atoms with Gasteiger partial charge >= 0.3 is 0 Å². The van der Waals surface area contributed by atoms with E-state index in [-0.39, 0.29) is 11.7 Å². The van der Waals surface area contributed by atoms with E-state index in [9.17, 15) is 4.79 Å². The Morgan fingerprint density at radius 1 is 1.29 bits per heavy atom. The first-order valence-electron chi connectivity index (χ1n) is 7.67. The van der Waals surface area contributed by atoms with Gasteiger partial charge in [-0.1, -0.05) is 6.07 Å².